The molecule has 1 saturated heterocycles. The first-order valence-corrected chi connectivity index (χ1v) is 7.48. The van der Waals surface area contributed by atoms with Gasteiger partial charge >= 0.3 is 0 Å². The predicted molar refractivity (Wildman–Crippen MR) is 68.6 cm³/mol. The average Bonchev–Trinajstić information content (AvgIpc) is 2.42. The van der Waals surface area contributed by atoms with Crippen molar-refractivity contribution in [3.8, 4) is 0 Å². The average molecular weight is 288 g/mol. The van der Waals surface area contributed by atoms with Crippen LogP contribution in [0.4, 0.5) is 4.39 Å². The van der Waals surface area contributed by atoms with Crippen LogP contribution in [0.3, 0.4) is 0 Å². The minimum atomic E-state index is -3.60. The second-order valence-electron chi connectivity index (χ2n) is 4.43. The van der Waals surface area contributed by atoms with Crippen LogP contribution in [0.25, 0.3) is 0 Å². The van der Waals surface area contributed by atoms with Crippen LogP contribution < -0.4 is 5.73 Å². The number of hydrogen-bond donors (Lipinski definition) is 1. The second kappa shape index (κ2) is 5.54. The fourth-order valence-corrected chi connectivity index (χ4v) is 3.59. The van der Waals surface area contributed by atoms with Gasteiger partial charge in [-0.1, -0.05) is 0 Å². The topological polar surface area (TPSA) is 72.6 Å². The molecule has 0 saturated carbocycles. The molecule has 0 amide bonds. The number of hydrogen-bond acceptors (Lipinski definition) is 4. The first-order chi connectivity index (χ1) is 8.96. The lowest BCUT2D eigenvalue weighted by molar-refractivity contribution is 0.0730. The molecule has 19 heavy (non-hydrogen) atoms. The smallest absolute Gasteiger partial charge is 0.243 e. The Bertz CT molecular complexity index is 569. The number of sulfonamides is 1. The number of morpholine rings is 1. The van der Waals surface area contributed by atoms with Gasteiger partial charge in [-0.15, -0.1) is 0 Å². The molecule has 0 aliphatic carbocycles. The summed E-state index contributed by atoms with van der Waals surface area (Å²) in [6.07, 6.45) is 0. The highest BCUT2D eigenvalue weighted by molar-refractivity contribution is 7.89. The zero-order chi connectivity index (χ0) is 14.0. The van der Waals surface area contributed by atoms with Crippen LogP contribution in [-0.4, -0.2) is 39.0 Å². The third-order valence-electron chi connectivity index (χ3n) is 3.13. The Labute approximate surface area is 112 Å². The Hall–Kier alpha value is -1.02. The second-order valence-corrected chi connectivity index (χ2v) is 6.37. The van der Waals surface area contributed by atoms with Gasteiger partial charge in [-0.3, -0.25) is 0 Å². The minimum absolute atomic E-state index is 0.0286. The summed E-state index contributed by atoms with van der Waals surface area (Å²) in [5, 5.41) is 0. The highest BCUT2D eigenvalue weighted by Gasteiger charge is 2.27. The Morgan fingerprint density at radius 1 is 1.37 bits per heavy atom. The first kappa shape index (κ1) is 14.4. The van der Waals surface area contributed by atoms with Crippen molar-refractivity contribution in [2.75, 3.05) is 26.3 Å². The van der Waals surface area contributed by atoms with Gasteiger partial charge in [0.2, 0.25) is 10.0 Å². The molecule has 0 atom stereocenters. The van der Waals surface area contributed by atoms with Gasteiger partial charge in [-0.05, 0) is 24.6 Å². The molecule has 2 N–H and O–H groups in total. The SMILES string of the molecule is Cc1cc(S(=O)(=O)N2CCOCC2)cc(CN)c1F. The summed E-state index contributed by atoms with van der Waals surface area (Å²) in [7, 11) is -3.60. The molecule has 1 aliphatic rings. The minimum Gasteiger partial charge on any atom is -0.379 e. The fraction of sp³-hybridized carbons (Fsp3) is 0.500. The number of benzene rings is 1. The third-order valence-corrected chi connectivity index (χ3v) is 5.01. The number of aryl methyl sites for hydroxylation is 1. The van der Waals surface area contributed by atoms with Crippen molar-refractivity contribution in [1.82, 2.24) is 4.31 Å². The van der Waals surface area contributed by atoms with E-state index in [1.165, 1.54) is 23.4 Å². The van der Waals surface area contributed by atoms with Crippen molar-refractivity contribution in [3.63, 3.8) is 0 Å². The van der Waals surface area contributed by atoms with Crippen LogP contribution in [0, 0.1) is 12.7 Å². The van der Waals surface area contributed by atoms with Crippen LogP contribution >= 0.6 is 0 Å². The van der Waals surface area contributed by atoms with Crippen LogP contribution in [0.1, 0.15) is 11.1 Å². The van der Waals surface area contributed by atoms with Gasteiger partial charge < -0.3 is 10.5 Å². The molecule has 1 heterocycles. The number of nitrogens with two attached hydrogens (primary N) is 1. The van der Waals surface area contributed by atoms with Crippen LogP contribution in [-0.2, 0) is 21.3 Å². The molecule has 0 unspecified atom stereocenters. The lowest BCUT2D eigenvalue weighted by atomic mass is 10.1. The first-order valence-electron chi connectivity index (χ1n) is 6.04. The number of ether oxygens (including phenoxy) is 1. The highest BCUT2D eigenvalue weighted by atomic mass is 32.2. The van der Waals surface area contributed by atoms with Crippen LogP contribution in [0.5, 0.6) is 0 Å². The van der Waals surface area contributed by atoms with Crippen molar-refractivity contribution in [1.29, 1.82) is 0 Å². The molecule has 0 radical (unpaired) electrons. The summed E-state index contributed by atoms with van der Waals surface area (Å²) in [5.74, 6) is -0.441. The van der Waals surface area contributed by atoms with E-state index in [-0.39, 0.29) is 22.6 Å². The summed E-state index contributed by atoms with van der Waals surface area (Å²) >= 11 is 0. The van der Waals surface area contributed by atoms with Crippen LogP contribution in [0.15, 0.2) is 17.0 Å². The maximum absolute atomic E-state index is 13.7. The van der Waals surface area contributed by atoms with Gasteiger partial charge in [0.05, 0.1) is 18.1 Å². The van der Waals surface area contributed by atoms with Gasteiger partial charge in [-0.25, -0.2) is 12.8 Å². The molecule has 106 valence electrons. The third kappa shape index (κ3) is 2.79. The molecule has 1 aromatic rings. The molecule has 7 heteroatoms. The van der Waals surface area contributed by atoms with Crippen molar-refractivity contribution >= 4 is 10.0 Å². The molecule has 0 bridgehead atoms. The van der Waals surface area contributed by atoms with E-state index in [1.54, 1.807) is 0 Å². The quantitative estimate of drug-likeness (QED) is 0.884. The maximum atomic E-state index is 13.7. The summed E-state index contributed by atoms with van der Waals surface area (Å²) in [4.78, 5) is 0.0914. The summed E-state index contributed by atoms with van der Waals surface area (Å²) < 4.78 is 45.0. The number of nitrogens with zero attached hydrogens (tertiary/aromatic N) is 1. The number of halogens is 1. The Balaban J connectivity index is 2.42. The summed E-state index contributed by atoms with van der Waals surface area (Å²) in [6, 6.07) is 2.66. The van der Waals surface area contributed by atoms with E-state index in [0.717, 1.165) is 0 Å². The van der Waals surface area contributed by atoms with Gasteiger partial charge in [0, 0.05) is 25.2 Å². The zero-order valence-corrected chi connectivity index (χ0v) is 11.5. The Morgan fingerprint density at radius 3 is 2.58 bits per heavy atom. The van der Waals surface area contributed by atoms with Crippen molar-refractivity contribution in [2.24, 2.45) is 5.73 Å². The molecule has 0 spiro atoms. The molecule has 1 aliphatic heterocycles. The molecule has 0 aromatic heterocycles. The van der Waals surface area contributed by atoms with E-state index in [2.05, 4.69) is 0 Å². The van der Waals surface area contributed by atoms with Gasteiger partial charge in [0.25, 0.3) is 0 Å². The zero-order valence-electron chi connectivity index (χ0n) is 10.7. The largest absolute Gasteiger partial charge is 0.379 e. The van der Waals surface area contributed by atoms with Crippen molar-refractivity contribution in [2.45, 2.75) is 18.4 Å². The molecule has 1 fully saturated rings. The van der Waals surface area contributed by atoms with Gasteiger partial charge in [0.1, 0.15) is 5.82 Å². The molecular weight excluding hydrogens is 271 g/mol. The lowest BCUT2D eigenvalue weighted by Crippen LogP contribution is -2.40. The van der Waals surface area contributed by atoms with Gasteiger partial charge in [-0.2, -0.15) is 4.31 Å². The molecular formula is C12H17FN2O3S. The van der Waals surface area contributed by atoms with E-state index >= 15 is 0 Å². The summed E-state index contributed by atoms with van der Waals surface area (Å²) in [5.41, 5.74) is 5.94. The van der Waals surface area contributed by atoms with Gasteiger partial charge in [0.15, 0.2) is 0 Å². The normalized spacial score (nSPS) is 17.6. The van der Waals surface area contributed by atoms with E-state index in [9.17, 15) is 12.8 Å². The van der Waals surface area contributed by atoms with Crippen molar-refractivity contribution < 1.29 is 17.5 Å². The number of rotatable bonds is 3. The standard InChI is InChI=1S/C12H17FN2O3S/c1-9-6-11(7-10(8-14)12(9)13)19(16,17)15-2-4-18-5-3-15/h6-7H,2-5,8,14H2,1H3. The van der Waals surface area contributed by atoms with Crippen molar-refractivity contribution in [3.05, 3.63) is 29.1 Å². The van der Waals surface area contributed by atoms with E-state index in [0.29, 0.717) is 26.3 Å². The molecule has 2 rings (SSSR count). The van der Waals surface area contributed by atoms with E-state index < -0.39 is 15.8 Å². The molecule has 1 aromatic carbocycles. The monoisotopic (exact) mass is 288 g/mol. The Kier molecular flexibility index (Phi) is 4.19. The molecule has 5 nitrogen and oxygen atoms in total. The predicted octanol–water partition coefficient (Wildman–Crippen LogP) is 0.614. The maximum Gasteiger partial charge on any atom is 0.243 e. The highest BCUT2D eigenvalue weighted by Crippen LogP contribution is 2.22. The van der Waals surface area contributed by atoms with E-state index in [4.69, 9.17) is 10.5 Å². The van der Waals surface area contributed by atoms with E-state index in [1.807, 2.05) is 0 Å². The summed E-state index contributed by atoms with van der Waals surface area (Å²) in [6.45, 7) is 2.89. The fourth-order valence-electron chi connectivity index (χ4n) is 2.04. The lowest BCUT2D eigenvalue weighted by Gasteiger charge is -2.26. The Morgan fingerprint density at radius 2 is 2.00 bits per heavy atom. The van der Waals surface area contributed by atoms with Crippen LogP contribution in [0.2, 0.25) is 0 Å².